The molecule has 8 nitrogen and oxygen atoms in total. The highest BCUT2D eigenvalue weighted by Gasteiger charge is 2.28. The SMILES string of the molecule is COc1cc(OC)cc(C(=O)NC(C(=O)OCC(=O)N(C)C(C)c2ccccc2)C(C)C)c1. The van der Waals surface area contributed by atoms with E-state index in [4.69, 9.17) is 14.2 Å². The van der Waals surface area contributed by atoms with E-state index in [0.717, 1.165) is 5.56 Å². The van der Waals surface area contributed by atoms with Crippen molar-refractivity contribution in [1.29, 1.82) is 0 Å². The van der Waals surface area contributed by atoms with Crippen LogP contribution in [-0.4, -0.2) is 56.6 Å². The Labute approximate surface area is 194 Å². The fourth-order valence-electron chi connectivity index (χ4n) is 3.16. The number of nitrogens with zero attached hydrogens (tertiary/aromatic N) is 1. The summed E-state index contributed by atoms with van der Waals surface area (Å²) in [7, 11) is 4.63. The Balaban J connectivity index is 2.02. The highest BCUT2D eigenvalue weighted by atomic mass is 16.5. The van der Waals surface area contributed by atoms with E-state index in [0.29, 0.717) is 11.5 Å². The van der Waals surface area contributed by atoms with Gasteiger partial charge in [0.1, 0.15) is 17.5 Å². The quantitative estimate of drug-likeness (QED) is 0.552. The maximum Gasteiger partial charge on any atom is 0.329 e. The Kier molecular flexibility index (Phi) is 9.27. The third-order valence-electron chi connectivity index (χ3n) is 5.42. The molecule has 0 radical (unpaired) electrons. The third-order valence-corrected chi connectivity index (χ3v) is 5.42. The molecule has 8 heteroatoms. The van der Waals surface area contributed by atoms with Gasteiger partial charge < -0.3 is 24.4 Å². The van der Waals surface area contributed by atoms with Crippen LogP contribution in [0.1, 0.15) is 42.7 Å². The molecule has 0 aliphatic heterocycles. The van der Waals surface area contributed by atoms with Crippen LogP contribution in [-0.2, 0) is 14.3 Å². The third kappa shape index (κ3) is 6.97. The van der Waals surface area contributed by atoms with Crippen molar-refractivity contribution in [1.82, 2.24) is 10.2 Å². The van der Waals surface area contributed by atoms with E-state index in [-0.39, 0.29) is 23.4 Å². The van der Waals surface area contributed by atoms with Gasteiger partial charge in [-0.2, -0.15) is 0 Å². The first-order valence-corrected chi connectivity index (χ1v) is 10.7. The normalized spacial score (nSPS) is 12.5. The Morgan fingerprint density at radius 1 is 0.939 bits per heavy atom. The number of carbonyl (C=O) groups excluding carboxylic acids is 3. The molecule has 33 heavy (non-hydrogen) atoms. The van der Waals surface area contributed by atoms with Crippen molar-refractivity contribution in [2.45, 2.75) is 32.9 Å². The molecule has 2 amide bonds. The molecule has 0 aliphatic rings. The first-order valence-electron chi connectivity index (χ1n) is 10.7. The van der Waals surface area contributed by atoms with Crippen LogP contribution < -0.4 is 14.8 Å². The van der Waals surface area contributed by atoms with Gasteiger partial charge >= 0.3 is 5.97 Å². The smallest absolute Gasteiger partial charge is 0.329 e. The molecule has 0 spiro atoms. The topological polar surface area (TPSA) is 94.2 Å². The van der Waals surface area contributed by atoms with Gasteiger partial charge in [-0.25, -0.2) is 4.79 Å². The molecule has 0 fully saturated rings. The molecule has 0 heterocycles. The molecule has 178 valence electrons. The first kappa shape index (κ1) is 25.7. The second-order valence-electron chi connectivity index (χ2n) is 8.00. The van der Waals surface area contributed by atoms with E-state index >= 15 is 0 Å². The molecule has 1 N–H and O–H groups in total. The van der Waals surface area contributed by atoms with Crippen LogP contribution >= 0.6 is 0 Å². The number of esters is 1. The maximum absolute atomic E-state index is 12.8. The lowest BCUT2D eigenvalue weighted by atomic mass is 10.0. The minimum atomic E-state index is -0.931. The van der Waals surface area contributed by atoms with Crippen molar-refractivity contribution in [3.05, 3.63) is 59.7 Å². The molecule has 2 rings (SSSR count). The minimum Gasteiger partial charge on any atom is -0.497 e. The predicted octanol–water partition coefficient (Wildman–Crippen LogP) is 3.22. The second kappa shape index (κ2) is 11.9. The van der Waals surface area contributed by atoms with Gasteiger partial charge in [-0.15, -0.1) is 0 Å². The number of rotatable bonds is 10. The summed E-state index contributed by atoms with van der Waals surface area (Å²) in [5, 5.41) is 2.69. The van der Waals surface area contributed by atoms with Crippen molar-refractivity contribution < 1.29 is 28.6 Å². The highest BCUT2D eigenvalue weighted by molar-refractivity contribution is 5.97. The number of likely N-dealkylation sites (N-methyl/N-ethyl adjacent to an activating group) is 1. The summed E-state index contributed by atoms with van der Waals surface area (Å²) in [6.45, 7) is 5.04. The average Bonchev–Trinajstić information content (AvgIpc) is 2.84. The van der Waals surface area contributed by atoms with Crippen LogP contribution in [0.4, 0.5) is 0 Å². The lowest BCUT2D eigenvalue weighted by molar-refractivity contribution is -0.154. The second-order valence-corrected chi connectivity index (χ2v) is 8.00. The first-order chi connectivity index (χ1) is 15.7. The fourth-order valence-corrected chi connectivity index (χ4v) is 3.16. The van der Waals surface area contributed by atoms with Crippen LogP contribution in [0.15, 0.2) is 48.5 Å². The summed E-state index contributed by atoms with van der Waals surface area (Å²) in [6, 6.07) is 13.2. The van der Waals surface area contributed by atoms with E-state index in [2.05, 4.69) is 5.32 Å². The predicted molar refractivity (Wildman–Crippen MR) is 124 cm³/mol. The Morgan fingerprint density at radius 3 is 2.03 bits per heavy atom. The van der Waals surface area contributed by atoms with E-state index in [1.807, 2.05) is 37.3 Å². The average molecular weight is 457 g/mol. The molecule has 0 aliphatic carbocycles. The number of hydrogen-bond donors (Lipinski definition) is 1. The number of methoxy groups -OCH3 is 2. The summed E-state index contributed by atoms with van der Waals surface area (Å²) < 4.78 is 15.7. The van der Waals surface area contributed by atoms with Crippen molar-refractivity contribution in [3.63, 3.8) is 0 Å². The van der Waals surface area contributed by atoms with Gasteiger partial charge in [-0.05, 0) is 30.5 Å². The summed E-state index contributed by atoms with van der Waals surface area (Å²) in [6.07, 6.45) is 0. The van der Waals surface area contributed by atoms with Crippen LogP contribution in [0.3, 0.4) is 0 Å². The van der Waals surface area contributed by atoms with E-state index < -0.39 is 24.5 Å². The van der Waals surface area contributed by atoms with Gasteiger partial charge in [-0.3, -0.25) is 9.59 Å². The molecule has 0 saturated heterocycles. The van der Waals surface area contributed by atoms with E-state index in [1.165, 1.54) is 19.1 Å². The van der Waals surface area contributed by atoms with E-state index in [1.54, 1.807) is 39.1 Å². The zero-order valence-corrected chi connectivity index (χ0v) is 20.0. The number of hydrogen-bond acceptors (Lipinski definition) is 6. The Hall–Kier alpha value is -3.55. The van der Waals surface area contributed by atoms with Crippen LogP contribution in [0.2, 0.25) is 0 Å². The molecule has 2 aromatic rings. The van der Waals surface area contributed by atoms with Crippen molar-refractivity contribution in [2.75, 3.05) is 27.9 Å². The number of nitrogens with one attached hydrogen (secondary N) is 1. The maximum atomic E-state index is 12.8. The van der Waals surface area contributed by atoms with Crippen molar-refractivity contribution in [2.24, 2.45) is 5.92 Å². The summed E-state index contributed by atoms with van der Waals surface area (Å²) in [5.41, 5.74) is 1.25. The van der Waals surface area contributed by atoms with Crippen LogP contribution in [0.5, 0.6) is 11.5 Å². The summed E-state index contributed by atoms with van der Waals surface area (Å²) in [5.74, 6) is -0.865. The molecule has 2 unspecified atom stereocenters. The van der Waals surface area contributed by atoms with Crippen molar-refractivity contribution in [3.8, 4) is 11.5 Å². The number of benzene rings is 2. The number of carbonyl (C=O) groups is 3. The van der Waals surface area contributed by atoms with Crippen LogP contribution in [0, 0.1) is 5.92 Å². The van der Waals surface area contributed by atoms with E-state index in [9.17, 15) is 14.4 Å². The van der Waals surface area contributed by atoms with Gasteiger partial charge in [0.15, 0.2) is 6.61 Å². The summed E-state index contributed by atoms with van der Waals surface area (Å²) >= 11 is 0. The molecule has 2 atom stereocenters. The zero-order valence-electron chi connectivity index (χ0n) is 20.0. The van der Waals surface area contributed by atoms with Gasteiger partial charge in [0, 0.05) is 18.7 Å². The highest BCUT2D eigenvalue weighted by Crippen LogP contribution is 2.23. The molecular formula is C25H32N2O6. The van der Waals surface area contributed by atoms with Gasteiger partial charge in [-0.1, -0.05) is 44.2 Å². The molecule has 0 bridgehead atoms. The molecule has 2 aromatic carbocycles. The standard InChI is InChI=1S/C25H32N2O6/c1-16(2)23(26-24(29)19-12-20(31-5)14-21(13-19)32-6)25(30)33-15-22(28)27(4)17(3)18-10-8-7-9-11-18/h7-14,16-17,23H,15H2,1-6H3,(H,26,29). The Morgan fingerprint density at radius 2 is 1.52 bits per heavy atom. The number of amides is 2. The van der Waals surface area contributed by atoms with Gasteiger partial charge in [0.25, 0.3) is 11.8 Å². The minimum absolute atomic E-state index is 0.180. The number of ether oxygens (including phenoxy) is 3. The van der Waals surface area contributed by atoms with Gasteiger partial charge in [0.05, 0.1) is 20.3 Å². The molecule has 0 aromatic heterocycles. The molecule has 0 saturated carbocycles. The lowest BCUT2D eigenvalue weighted by Gasteiger charge is -2.26. The Bertz CT molecular complexity index is 938. The van der Waals surface area contributed by atoms with Crippen LogP contribution in [0.25, 0.3) is 0 Å². The zero-order chi connectivity index (χ0) is 24.5. The van der Waals surface area contributed by atoms with Crippen molar-refractivity contribution >= 4 is 17.8 Å². The lowest BCUT2D eigenvalue weighted by Crippen LogP contribution is -2.46. The fraction of sp³-hybridized carbons (Fsp3) is 0.400. The monoisotopic (exact) mass is 456 g/mol. The van der Waals surface area contributed by atoms with Gasteiger partial charge in [0.2, 0.25) is 0 Å². The molecular weight excluding hydrogens is 424 g/mol. The largest absolute Gasteiger partial charge is 0.497 e. The summed E-state index contributed by atoms with van der Waals surface area (Å²) in [4.78, 5) is 39.6.